The van der Waals surface area contributed by atoms with Gasteiger partial charge in [-0.2, -0.15) is 9.80 Å². The van der Waals surface area contributed by atoms with E-state index in [0.717, 1.165) is 16.9 Å². The molecule has 0 saturated heterocycles. The Balaban J connectivity index is 1.57. The minimum absolute atomic E-state index is 0.0654. The third-order valence-corrected chi connectivity index (χ3v) is 6.48. The zero-order valence-corrected chi connectivity index (χ0v) is 20.6. The van der Waals surface area contributed by atoms with Crippen molar-refractivity contribution in [2.45, 2.75) is 6.92 Å². The maximum atomic E-state index is 13.5. The molecule has 2 heterocycles. The van der Waals surface area contributed by atoms with Crippen LogP contribution >= 0.6 is 11.3 Å². The van der Waals surface area contributed by atoms with Gasteiger partial charge in [-0.15, -0.1) is 16.5 Å². The van der Waals surface area contributed by atoms with Crippen LogP contribution in [0, 0.1) is 17.0 Å². The third kappa shape index (κ3) is 4.80. The molecule has 0 bridgehead atoms. The number of nitro benzene ring substituents is 1. The third-order valence-electron chi connectivity index (χ3n) is 5.65. The number of nitrogens with zero attached hydrogens (tertiary/aromatic N) is 5. The molecule has 0 aliphatic carbocycles. The average Bonchev–Trinajstić information content (AvgIpc) is 3.53. The molecule has 10 nitrogen and oxygen atoms in total. The number of aromatic nitrogens is 3. The molecule has 37 heavy (non-hydrogen) atoms. The van der Waals surface area contributed by atoms with Crippen LogP contribution in [-0.2, 0) is 0 Å². The second kappa shape index (κ2) is 9.99. The fourth-order valence-corrected chi connectivity index (χ4v) is 4.48. The van der Waals surface area contributed by atoms with Crippen LogP contribution in [0.25, 0.3) is 27.6 Å². The first-order chi connectivity index (χ1) is 17.9. The van der Waals surface area contributed by atoms with Crippen molar-refractivity contribution < 1.29 is 9.66 Å². The van der Waals surface area contributed by atoms with E-state index in [0.29, 0.717) is 22.1 Å². The molecule has 184 valence electrons. The molecule has 0 spiro atoms. The molecule has 0 unspecified atom stereocenters. The van der Waals surface area contributed by atoms with Crippen LogP contribution in [0.2, 0.25) is 0 Å². The Bertz CT molecular complexity index is 1670. The van der Waals surface area contributed by atoms with E-state index in [-0.39, 0.29) is 17.1 Å². The smallest absolute Gasteiger partial charge is 0.301 e. The van der Waals surface area contributed by atoms with Crippen LogP contribution < -0.4 is 10.3 Å². The van der Waals surface area contributed by atoms with Crippen molar-refractivity contribution in [1.82, 2.24) is 14.8 Å². The Morgan fingerprint density at radius 1 is 1.03 bits per heavy atom. The largest absolute Gasteiger partial charge is 0.497 e. The number of rotatable bonds is 7. The Kier molecular flexibility index (Phi) is 6.43. The maximum Gasteiger partial charge on any atom is 0.301 e. The second-order valence-corrected chi connectivity index (χ2v) is 8.85. The van der Waals surface area contributed by atoms with Gasteiger partial charge in [0, 0.05) is 28.1 Å². The summed E-state index contributed by atoms with van der Waals surface area (Å²) in [7, 11) is 1.60. The Morgan fingerprint density at radius 2 is 1.78 bits per heavy atom. The number of thiazole rings is 1. The zero-order valence-electron chi connectivity index (χ0n) is 19.8. The van der Waals surface area contributed by atoms with Crippen molar-refractivity contribution in [2.24, 2.45) is 10.2 Å². The summed E-state index contributed by atoms with van der Waals surface area (Å²) >= 11 is 1.30. The molecule has 0 fully saturated rings. The number of nitro groups is 1. The summed E-state index contributed by atoms with van der Waals surface area (Å²) in [5.74, 6) is 0.737. The second-order valence-electron chi connectivity index (χ2n) is 8.01. The lowest BCUT2D eigenvalue weighted by molar-refractivity contribution is -0.385. The molecular weight excluding hydrogens is 492 g/mol. The van der Waals surface area contributed by atoms with Gasteiger partial charge in [-0.1, -0.05) is 36.4 Å². The number of nitrogens with one attached hydrogen (secondary N) is 1. The Morgan fingerprint density at radius 3 is 2.49 bits per heavy atom. The van der Waals surface area contributed by atoms with Gasteiger partial charge < -0.3 is 4.74 Å². The first kappa shape index (κ1) is 23.8. The monoisotopic (exact) mass is 512 g/mol. The van der Waals surface area contributed by atoms with Gasteiger partial charge in [-0.05, 0) is 37.3 Å². The number of benzene rings is 3. The first-order valence-corrected chi connectivity index (χ1v) is 12.0. The highest BCUT2D eigenvalue weighted by molar-refractivity contribution is 7.12. The quantitative estimate of drug-likeness (QED) is 0.149. The number of aromatic amines is 1. The van der Waals surface area contributed by atoms with Crippen LogP contribution in [-0.4, -0.2) is 26.8 Å². The van der Waals surface area contributed by atoms with Crippen LogP contribution in [0.4, 0.5) is 17.1 Å². The summed E-state index contributed by atoms with van der Waals surface area (Å²) < 4.78 is 6.54. The Labute approximate surface area is 214 Å². The lowest BCUT2D eigenvalue weighted by Gasteiger charge is -2.00. The minimum atomic E-state index is -0.476. The van der Waals surface area contributed by atoms with Gasteiger partial charge in [0.25, 0.3) is 5.69 Å². The number of ether oxygens (including phenoxy) is 1. The first-order valence-electron chi connectivity index (χ1n) is 11.1. The van der Waals surface area contributed by atoms with Gasteiger partial charge in [-0.25, -0.2) is 4.98 Å². The summed E-state index contributed by atoms with van der Waals surface area (Å²) in [4.78, 5) is 28.9. The lowest BCUT2D eigenvalue weighted by atomic mass is 10.1. The molecule has 5 aromatic rings. The zero-order chi connectivity index (χ0) is 25.9. The van der Waals surface area contributed by atoms with E-state index in [1.165, 1.54) is 22.1 Å². The predicted octanol–water partition coefficient (Wildman–Crippen LogP) is 6.60. The molecular formula is C26H20N6O4S. The molecule has 1 N–H and O–H groups in total. The summed E-state index contributed by atoms with van der Waals surface area (Å²) in [6.45, 7) is 1.64. The minimum Gasteiger partial charge on any atom is -0.497 e. The van der Waals surface area contributed by atoms with E-state index in [9.17, 15) is 14.9 Å². The highest BCUT2D eigenvalue weighted by Gasteiger charge is 2.19. The van der Waals surface area contributed by atoms with E-state index in [1.54, 1.807) is 26.2 Å². The standard InChI is InChI=1S/C26H20N6O4S/c1-16-8-11-19(14-22(16)32(34)35)28-29-24-23(18-6-4-3-5-7-18)30-31(25(24)33)26-27-21(15-37-26)17-9-12-20(36-2)13-10-17/h3-15,30H,1-2H3. The van der Waals surface area contributed by atoms with Gasteiger partial charge in [0.15, 0.2) is 5.69 Å². The van der Waals surface area contributed by atoms with Gasteiger partial charge in [0.05, 0.1) is 29.1 Å². The molecule has 0 aliphatic rings. The fraction of sp³-hybridized carbons (Fsp3) is 0.0769. The summed E-state index contributed by atoms with van der Waals surface area (Å²) in [6.07, 6.45) is 0. The molecule has 11 heteroatoms. The van der Waals surface area contributed by atoms with Crippen molar-refractivity contribution >= 4 is 28.4 Å². The van der Waals surface area contributed by atoms with Crippen molar-refractivity contribution in [1.29, 1.82) is 0 Å². The molecule has 5 rings (SSSR count). The SMILES string of the molecule is COc1ccc(-c2csc(-n3[nH]c(-c4ccccc4)c(N=Nc4ccc(C)c([N+](=O)[O-])c4)c3=O)n2)cc1. The number of H-pyrrole nitrogens is 1. The molecule has 0 amide bonds. The molecule has 0 radical (unpaired) electrons. The van der Waals surface area contributed by atoms with Crippen molar-refractivity contribution in [3.63, 3.8) is 0 Å². The summed E-state index contributed by atoms with van der Waals surface area (Å²) in [6, 6.07) is 21.3. The van der Waals surface area contributed by atoms with Crippen molar-refractivity contribution in [2.75, 3.05) is 7.11 Å². The van der Waals surface area contributed by atoms with Crippen LogP contribution in [0.3, 0.4) is 0 Å². The van der Waals surface area contributed by atoms with Crippen molar-refractivity contribution in [3.05, 3.63) is 104 Å². The van der Waals surface area contributed by atoms with E-state index in [2.05, 4.69) is 20.3 Å². The van der Waals surface area contributed by atoms with Gasteiger partial charge >= 0.3 is 5.56 Å². The van der Waals surface area contributed by atoms with Crippen LogP contribution in [0.15, 0.2) is 93.2 Å². The number of aryl methyl sites for hydroxylation is 1. The van der Waals surface area contributed by atoms with E-state index in [4.69, 9.17) is 4.74 Å². The molecule has 0 atom stereocenters. The molecule has 0 aliphatic heterocycles. The highest BCUT2D eigenvalue weighted by atomic mass is 32.1. The normalized spacial score (nSPS) is 11.2. The van der Waals surface area contributed by atoms with E-state index in [1.807, 2.05) is 60.0 Å². The van der Waals surface area contributed by atoms with Gasteiger partial charge in [0.1, 0.15) is 5.75 Å². The lowest BCUT2D eigenvalue weighted by Crippen LogP contribution is -2.13. The predicted molar refractivity (Wildman–Crippen MR) is 141 cm³/mol. The molecule has 3 aromatic carbocycles. The van der Waals surface area contributed by atoms with Crippen molar-refractivity contribution in [3.8, 4) is 33.4 Å². The Hall–Kier alpha value is -4.90. The summed E-state index contributed by atoms with van der Waals surface area (Å²) in [5.41, 5.74) is 3.10. The number of hydrogen-bond acceptors (Lipinski definition) is 8. The average molecular weight is 513 g/mol. The number of hydrogen-bond donors (Lipinski definition) is 1. The molecule has 0 saturated carbocycles. The fourth-order valence-electron chi connectivity index (χ4n) is 3.69. The number of methoxy groups -OCH3 is 1. The van der Waals surface area contributed by atoms with Crippen LogP contribution in [0.5, 0.6) is 5.75 Å². The van der Waals surface area contributed by atoms with Gasteiger partial charge in [0.2, 0.25) is 5.13 Å². The van der Waals surface area contributed by atoms with E-state index >= 15 is 0 Å². The highest BCUT2D eigenvalue weighted by Crippen LogP contribution is 2.31. The maximum absolute atomic E-state index is 13.5. The van der Waals surface area contributed by atoms with Crippen LogP contribution in [0.1, 0.15) is 5.56 Å². The summed E-state index contributed by atoms with van der Waals surface area (Å²) in [5, 5.41) is 25.1. The van der Waals surface area contributed by atoms with Gasteiger partial charge in [-0.3, -0.25) is 20.0 Å². The number of azo groups is 1. The van der Waals surface area contributed by atoms with E-state index < -0.39 is 10.5 Å². The topological polar surface area (TPSA) is 128 Å². The molecule has 2 aromatic heterocycles.